The van der Waals surface area contributed by atoms with Crippen LogP contribution in [0.1, 0.15) is 18.1 Å². The standard InChI is InChI=1S/C16H14F5NO2S/c1-15(16(19,20)21,12-5-3-2-4-6-12)22-25(23,24)10-11-7-8-13(17)9-14(11)18/h2-9,22H,10H2,1H3/t15-/m0/s1. The molecule has 3 nitrogen and oxygen atoms in total. The molecule has 0 bridgehead atoms. The summed E-state index contributed by atoms with van der Waals surface area (Å²) in [5.41, 5.74) is -3.65. The van der Waals surface area contributed by atoms with Crippen LogP contribution in [0.3, 0.4) is 0 Å². The number of alkyl halides is 3. The molecule has 0 aliphatic carbocycles. The number of rotatable bonds is 5. The molecule has 0 heterocycles. The zero-order valence-electron chi connectivity index (χ0n) is 12.9. The number of benzene rings is 2. The predicted octanol–water partition coefficient (Wildman–Crippen LogP) is 3.86. The van der Waals surface area contributed by atoms with Crippen molar-refractivity contribution in [3.05, 3.63) is 71.3 Å². The molecule has 0 amide bonds. The van der Waals surface area contributed by atoms with E-state index in [1.807, 2.05) is 0 Å². The van der Waals surface area contributed by atoms with E-state index in [4.69, 9.17) is 0 Å². The monoisotopic (exact) mass is 379 g/mol. The Bertz CT molecular complexity index is 853. The summed E-state index contributed by atoms with van der Waals surface area (Å²) in [4.78, 5) is 0. The normalized spacial score (nSPS) is 15.0. The number of sulfonamides is 1. The summed E-state index contributed by atoms with van der Waals surface area (Å²) in [7, 11) is -4.59. The molecule has 0 radical (unpaired) electrons. The maximum Gasteiger partial charge on any atom is 0.411 e. The zero-order chi connectivity index (χ0) is 18.9. The fraction of sp³-hybridized carbons (Fsp3) is 0.250. The van der Waals surface area contributed by atoms with E-state index in [-0.39, 0.29) is 5.56 Å². The quantitative estimate of drug-likeness (QED) is 0.802. The van der Waals surface area contributed by atoms with Crippen molar-refractivity contribution in [1.29, 1.82) is 0 Å². The first-order valence-electron chi connectivity index (χ1n) is 7.02. The minimum Gasteiger partial charge on any atom is -0.212 e. The highest BCUT2D eigenvalue weighted by Gasteiger charge is 2.54. The van der Waals surface area contributed by atoms with Gasteiger partial charge in [-0.05, 0) is 18.6 Å². The molecule has 1 N–H and O–H groups in total. The Morgan fingerprint density at radius 3 is 2.12 bits per heavy atom. The fourth-order valence-electron chi connectivity index (χ4n) is 2.24. The lowest BCUT2D eigenvalue weighted by molar-refractivity contribution is -0.189. The van der Waals surface area contributed by atoms with Crippen LogP contribution in [0.25, 0.3) is 0 Å². The highest BCUT2D eigenvalue weighted by atomic mass is 32.2. The molecule has 25 heavy (non-hydrogen) atoms. The fourth-order valence-corrected chi connectivity index (χ4v) is 3.81. The van der Waals surface area contributed by atoms with Crippen LogP contribution >= 0.6 is 0 Å². The van der Waals surface area contributed by atoms with Crippen LogP contribution in [0, 0.1) is 11.6 Å². The molecule has 2 rings (SSSR count). The molecule has 0 aliphatic heterocycles. The van der Waals surface area contributed by atoms with Gasteiger partial charge in [0, 0.05) is 11.6 Å². The largest absolute Gasteiger partial charge is 0.411 e. The second-order valence-electron chi connectivity index (χ2n) is 5.59. The molecule has 9 heteroatoms. The second kappa shape index (κ2) is 6.72. The Kier molecular flexibility index (Phi) is 5.19. The molecule has 0 fully saturated rings. The van der Waals surface area contributed by atoms with Gasteiger partial charge in [-0.15, -0.1) is 0 Å². The SMILES string of the molecule is C[C@](NS(=O)(=O)Cc1ccc(F)cc1F)(c1ccccc1)C(F)(F)F. The van der Waals surface area contributed by atoms with Gasteiger partial charge in [0.1, 0.15) is 11.6 Å². The first-order valence-corrected chi connectivity index (χ1v) is 8.68. The van der Waals surface area contributed by atoms with Crippen molar-refractivity contribution >= 4 is 10.0 Å². The van der Waals surface area contributed by atoms with Crippen LogP contribution in [-0.4, -0.2) is 14.6 Å². The van der Waals surface area contributed by atoms with Crippen molar-refractivity contribution in [3.8, 4) is 0 Å². The third-order valence-corrected chi connectivity index (χ3v) is 5.05. The average molecular weight is 379 g/mol. The summed E-state index contributed by atoms with van der Waals surface area (Å²) >= 11 is 0. The van der Waals surface area contributed by atoms with Crippen molar-refractivity contribution < 1.29 is 30.4 Å². The Labute approximate surface area is 141 Å². The maximum atomic E-state index is 13.6. The van der Waals surface area contributed by atoms with Crippen LogP contribution in [0.5, 0.6) is 0 Å². The first-order chi connectivity index (χ1) is 11.4. The topological polar surface area (TPSA) is 46.2 Å². The Hall–Kier alpha value is -2.00. The lowest BCUT2D eigenvalue weighted by Crippen LogP contribution is -2.54. The van der Waals surface area contributed by atoms with Gasteiger partial charge < -0.3 is 0 Å². The van der Waals surface area contributed by atoms with E-state index in [2.05, 4.69) is 0 Å². The van der Waals surface area contributed by atoms with Gasteiger partial charge in [0.15, 0.2) is 5.54 Å². The van der Waals surface area contributed by atoms with Gasteiger partial charge in [0.2, 0.25) is 10.0 Å². The van der Waals surface area contributed by atoms with Crippen molar-refractivity contribution in [1.82, 2.24) is 4.72 Å². The van der Waals surface area contributed by atoms with Gasteiger partial charge in [-0.25, -0.2) is 17.2 Å². The smallest absolute Gasteiger partial charge is 0.212 e. The van der Waals surface area contributed by atoms with Gasteiger partial charge in [-0.3, -0.25) is 0 Å². The number of halogens is 5. The van der Waals surface area contributed by atoms with Crippen LogP contribution < -0.4 is 4.72 Å². The molecule has 0 aliphatic rings. The van der Waals surface area contributed by atoms with Crippen LogP contribution in [0.2, 0.25) is 0 Å². The molecular weight excluding hydrogens is 365 g/mol. The van der Waals surface area contributed by atoms with E-state index in [1.54, 1.807) is 4.72 Å². The van der Waals surface area contributed by atoms with Crippen LogP contribution in [0.15, 0.2) is 48.5 Å². The number of hydrogen-bond acceptors (Lipinski definition) is 2. The highest BCUT2D eigenvalue weighted by molar-refractivity contribution is 7.88. The van der Waals surface area contributed by atoms with E-state index in [9.17, 15) is 30.4 Å². The summed E-state index contributed by atoms with van der Waals surface area (Å²) in [5, 5.41) is 0. The van der Waals surface area contributed by atoms with E-state index in [1.165, 1.54) is 18.2 Å². The lowest BCUT2D eigenvalue weighted by atomic mass is 9.93. The van der Waals surface area contributed by atoms with Gasteiger partial charge in [0.05, 0.1) is 5.75 Å². The van der Waals surface area contributed by atoms with E-state index in [0.29, 0.717) is 13.0 Å². The molecule has 136 valence electrons. The summed E-state index contributed by atoms with van der Waals surface area (Å²) in [5.74, 6) is -3.13. The molecule has 1 atom stereocenters. The zero-order valence-corrected chi connectivity index (χ0v) is 13.8. The number of hydrogen-bond donors (Lipinski definition) is 1. The van der Waals surface area contributed by atoms with Gasteiger partial charge in [-0.1, -0.05) is 36.4 Å². The molecule has 0 saturated carbocycles. The molecule has 2 aromatic carbocycles. The minimum atomic E-state index is -4.94. The Morgan fingerprint density at radius 1 is 1.00 bits per heavy atom. The van der Waals surface area contributed by atoms with E-state index < -0.39 is 44.7 Å². The van der Waals surface area contributed by atoms with E-state index in [0.717, 1.165) is 24.3 Å². The molecule has 2 aromatic rings. The van der Waals surface area contributed by atoms with Gasteiger partial charge in [-0.2, -0.15) is 17.9 Å². The highest BCUT2D eigenvalue weighted by Crippen LogP contribution is 2.39. The van der Waals surface area contributed by atoms with Crippen molar-refractivity contribution in [2.24, 2.45) is 0 Å². The first kappa shape index (κ1) is 19.3. The second-order valence-corrected chi connectivity index (χ2v) is 7.31. The van der Waals surface area contributed by atoms with Crippen molar-refractivity contribution in [3.63, 3.8) is 0 Å². The van der Waals surface area contributed by atoms with E-state index >= 15 is 0 Å². The molecule has 0 aromatic heterocycles. The molecule has 0 unspecified atom stereocenters. The summed E-state index contributed by atoms with van der Waals surface area (Å²) in [6, 6.07) is 8.60. The molecular formula is C16H14F5NO2S. The van der Waals surface area contributed by atoms with Crippen molar-refractivity contribution in [2.75, 3.05) is 0 Å². The molecule has 0 spiro atoms. The van der Waals surface area contributed by atoms with Gasteiger partial charge in [0.25, 0.3) is 0 Å². The minimum absolute atomic E-state index is 0.314. The van der Waals surface area contributed by atoms with Crippen LogP contribution in [0.4, 0.5) is 22.0 Å². The molecule has 0 saturated heterocycles. The summed E-state index contributed by atoms with van der Waals surface area (Å²) in [6.07, 6.45) is -4.94. The maximum absolute atomic E-state index is 13.6. The lowest BCUT2D eigenvalue weighted by Gasteiger charge is -2.33. The Balaban J connectivity index is 2.38. The Morgan fingerprint density at radius 2 is 1.60 bits per heavy atom. The summed E-state index contributed by atoms with van der Waals surface area (Å²) in [6.45, 7) is 0.681. The van der Waals surface area contributed by atoms with Crippen LogP contribution in [-0.2, 0) is 21.3 Å². The number of nitrogens with one attached hydrogen (secondary N) is 1. The van der Waals surface area contributed by atoms with Gasteiger partial charge >= 0.3 is 6.18 Å². The third kappa shape index (κ3) is 4.35. The third-order valence-electron chi connectivity index (χ3n) is 3.64. The predicted molar refractivity (Wildman–Crippen MR) is 82.0 cm³/mol. The van der Waals surface area contributed by atoms with Crippen molar-refractivity contribution in [2.45, 2.75) is 24.4 Å². The average Bonchev–Trinajstić information content (AvgIpc) is 2.49. The summed E-state index contributed by atoms with van der Waals surface area (Å²) < 4.78 is 93.1.